The van der Waals surface area contributed by atoms with Crippen LogP contribution in [0.15, 0.2) is 36.5 Å². The Bertz CT molecular complexity index is 1220. The number of piperidine rings is 1. The highest BCUT2D eigenvalue weighted by molar-refractivity contribution is 5.96. The van der Waals surface area contributed by atoms with Crippen molar-refractivity contribution in [2.45, 2.75) is 45.7 Å². The Labute approximate surface area is 192 Å². The van der Waals surface area contributed by atoms with Crippen LogP contribution in [0.25, 0.3) is 16.9 Å². The zero-order valence-electron chi connectivity index (χ0n) is 18.9. The summed E-state index contributed by atoms with van der Waals surface area (Å²) in [5.41, 5.74) is -1.04. The van der Waals surface area contributed by atoms with Crippen LogP contribution >= 0.6 is 0 Å². The standard InChI is InChI=1S/C23H24F5N5O/c1-21(2,3)20(34)30-16-12-14(4-5-15(16)23(26,27)28)17-13-33-18(29-17)6-7-19(31-33)32-10-8-22(24,25)9-11-32/h4-7,12-13H,8-11H2,1-3H3,(H,30,34). The summed E-state index contributed by atoms with van der Waals surface area (Å²) in [7, 11) is 0. The molecule has 6 nitrogen and oxygen atoms in total. The maximum atomic E-state index is 13.5. The largest absolute Gasteiger partial charge is 0.418 e. The van der Waals surface area contributed by atoms with E-state index < -0.39 is 29.0 Å². The molecule has 3 aromatic rings. The summed E-state index contributed by atoms with van der Waals surface area (Å²) in [6, 6.07) is 6.78. The lowest BCUT2D eigenvalue weighted by Crippen LogP contribution is -2.39. The predicted molar refractivity (Wildman–Crippen MR) is 118 cm³/mol. The van der Waals surface area contributed by atoms with Gasteiger partial charge in [-0.05, 0) is 24.3 Å². The highest BCUT2D eigenvalue weighted by atomic mass is 19.4. The van der Waals surface area contributed by atoms with E-state index in [9.17, 15) is 26.7 Å². The van der Waals surface area contributed by atoms with Gasteiger partial charge in [0.2, 0.25) is 5.91 Å². The van der Waals surface area contributed by atoms with Gasteiger partial charge >= 0.3 is 6.18 Å². The topological polar surface area (TPSA) is 62.5 Å². The number of nitrogens with zero attached hydrogens (tertiary/aromatic N) is 4. The Morgan fingerprint density at radius 1 is 1.06 bits per heavy atom. The number of halogens is 5. The van der Waals surface area contributed by atoms with Gasteiger partial charge in [-0.3, -0.25) is 4.79 Å². The van der Waals surface area contributed by atoms with Crippen LogP contribution < -0.4 is 10.2 Å². The predicted octanol–water partition coefficient (Wildman–Crippen LogP) is 5.64. The van der Waals surface area contributed by atoms with Crippen molar-refractivity contribution in [3.8, 4) is 11.3 Å². The molecule has 3 heterocycles. The number of benzene rings is 1. The molecule has 11 heteroatoms. The van der Waals surface area contributed by atoms with Crippen molar-refractivity contribution in [1.82, 2.24) is 14.6 Å². The van der Waals surface area contributed by atoms with Gasteiger partial charge in [0.15, 0.2) is 5.65 Å². The van der Waals surface area contributed by atoms with Gasteiger partial charge in [-0.2, -0.15) is 13.2 Å². The van der Waals surface area contributed by atoms with Crippen LogP contribution in [0.2, 0.25) is 0 Å². The lowest BCUT2D eigenvalue weighted by Gasteiger charge is -2.32. The number of alkyl halides is 5. The van der Waals surface area contributed by atoms with Crippen molar-refractivity contribution in [2.24, 2.45) is 5.41 Å². The molecule has 1 saturated heterocycles. The number of nitrogens with one attached hydrogen (secondary N) is 1. The molecule has 1 aliphatic heterocycles. The third kappa shape index (κ3) is 4.97. The SMILES string of the molecule is CC(C)(C)C(=O)Nc1cc(-c2cn3nc(N4CCC(F)(F)CC4)ccc3n2)ccc1C(F)(F)F. The van der Waals surface area contributed by atoms with Crippen LogP contribution in [-0.4, -0.2) is 39.5 Å². The normalized spacial score (nSPS) is 16.6. The monoisotopic (exact) mass is 481 g/mol. The first-order valence-electron chi connectivity index (χ1n) is 10.8. The average Bonchev–Trinajstić information content (AvgIpc) is 3.15. The molecule has 1 amide bonds. The van der Waals surface area contributed by atoms with Gasteiger partial charge in [-0.25, -0.2) is 18.3 Å². The number of hydrogen-bond donors (Lipinski definition) is 1. The summed E-state index contributed by atoms with van der Waals surface area (Å²) >= 11 is 0. The molecule has 0 bridgehead atoms. The maximum Gasteiger partial charge on any atom is 0.418 e. The van der Waals surface area contributed by atoms with E-state index >= 15 is 0 Å². The van der Waals surface area contributed by atoms with E-state index in [1.807, 2.05) is 0 Å². The summed E-state index contributed by atoms with van der Waals surface area (Å²) in [6.45, 7) is 5.16. The van der Waals surface area contributed by atoms with Crippen LogP contribution in [0.1, 0.15) is 39.2 Å². The number of aromatic nitrogens is 3. The van der Waals surface area contributed by atoms with Crippen LogP contribution in [0.4, 0.5) is 33.5 Å². The lowest BCUT2D eigenvalue weighted by molar-refractivity contribution is -0.137. The molecule has 0 aliphatic carbocycles. The number of amides is 1. The number of carbonyl (C=O) groups excluding carboxylic acids is 1. The van der Waals surface area contributed by atoms with E-state index in [0.29, 0.717) is 22.7 Å². The van der Waals surface area contributed by atoms with Crippen molar-refractivity contribution >= 4 is 23.1 Å². The van der Waals surface area contributed by atoms with Crippen molar-refractivity contribution < 1.29 is 26.7 Å². The Balaban J connectivity index is 1.67. The second-order valence-corrected chi connectivity index (χ2v) is 9.43. The zero-order valence-corrected chi connectivity index (χ0v) is 18.9. The fourth-order valence-electron chi connectivity index (χ4n) is 3.61. The molecule has 1 N–H and O–H groups in total. The van der Waals surface area contributed by atoms with Gasteiger partial charge in [0, 0.05) is 36.9 Å². The average molecular weight is 481 g/mol. The lowest BCUT2D eigenvalue weighted by atomic mass is 9.95. The number of rotatable bonds is 3. The number of anilines is 2. The molecule has 0 spiro atoms. The fraction of sp³-hybridized carbons (Fsp3) is 0.435. The molecule has 4 rings (SSSR count). The zero-order chi connectivity index (χ0) is 24.9. The van der Waals surface area contributed by atoms with Crippen LogP contribution in [0.5, 0.6) is 0 Å². The molecule has 1 aromatic carbocycles. The molecule has 182 valence electrons. The minimum Gasteiger partial charge on any atom is -0.355 e. The minimum absolute atomic E-state index is 0.169. The van der Waals surface area contributed by atoms with Gasteiger partial charge in [0.1, 0.15) is 5.82 Å². The third-order valence-corrected chi connectivity index (χ3v) is 5.68. The Kier molecular flexibility index (Phi) is 5.77. The van der Waals surface area contributed by atoms with E-state index in [1.165, 1.54) is 16.6 Å². The third-order valence-electron chi connectivity index (χ3n) is 5.68. The first-order valence-corrected chi connectivity index (χ1v) is 10.8. The molecule has 0 radical (unpaired) electrons. The number of hydrogen-bond acceptors (Lipinski definition) is 4. The molecule has 0 saturated carbocycles. The second-order valence-electron chi connectivity index (χ2n) is 9.43. The maximum absolute atomic E-state index is 13.5. The van der Waals surface area contributed by atoms with E-state index in [-0.39, 0.29) is 31.6 Å². The van der Waals surface area contributed by atoms with Crippen molar-refractivity contribution in [3.05, 3.63) is 42.1 Å². The van der Waals surface area contributed by atoms with Crippen molar-refractivity contribution in [3.63, 3.8) is 0 Å². The summed E-state index contributed by atoms with van der Waals surface area (Å²) in [6.07, 6.45) is -3.61. The summed E-state index contributed by atoms with van der Waals surface area (Å²) < 4.78 is 69.0. The van der Waals surface area contributed by atoms with E-state index in [4.69, 9.17) is 0 Å². The first kappa shape index (κ1) is 23.9. The quantitative estimate of drug-likeness (QED) is 0.492. The molecule has 1 fully saturated rings. The molecule has 1 aliphatic rings. The molecular weight excluding hydrogens is 457 g/mol. The van der Waals surface area contributed by atoms with E-state index in [0.717, 1.165) is 6.07 Å². The Morgan fingerprint density at radius 3 is 2.35 bits per heavy atom. The highest BCUT2D eigenvalue weighted by Crippen LogP contribution is 2.38. The van der Waals surface area contributed by atoms with Gasteiger partial charge < -0.3 is 10.2 Å². The van der Waals surface area contributed by atoms with Crippen molar-refractivity contribution in [2.75, 3.05) is 23.3 Å². The number of imidazole rings is 1. The number of fused-ring (bicyclic) bond motifs is 1. The molecule has 34 heavy (non-hydrogen) atoms. The Morgan fingerprint density at radius 2 is 1.74 bits per heavy atom. The Hall–Kier alpha value is -3.24. The first-order chi connectivity index (χ1) is 15.7. The summed E-state index contributed by atoms with van der Waals surface area (Å²) in [5.74, 6) is -2.72. The van der Waals surface area contributed by atoms with E-state index in [2.05, 4.69) is 15.4 Å². The van der Waals surface area contributed by atoms with Crippen LogP contribution in [-0.2, 0) is 11.0 Å². The number of carbonyl (C=O) groups is 1. The highest BCUT2D eigenvalue weighted by Gasteiger charge is 2.36. The van der Waals surface area contributed by atoms with Gasteiger partial charge in [0.25, 0.3) is 5.92 Å². The summed E-state index contributed by atoms with van der Waals surface area (Å²) in [5, 5.41) is 6.82. The van der Waals surface area contributed by atoms with Crippen molar-refractivity contribution in [1.29, 1.82) is 0 Å². The smallest absolute Gasteiger partial charge is 0.355 e. The molecule has 0 atom stereocenters. The van der Waals surface area contributed by atoms with Crippen LogP contribution in [0.3, 0.4) is 0 Å². The van der Waals surface area contributed by atoms with Gasteiger partial charge in [-0.15, -0.1) is 5.10 Å². The van der Waals surface area contributed by atoms with E-state index in [1.54, 1.807) is 44.0 Å². The molecular formula is C23H24F5N5O. The van der Waals surface area contributed by atoms with Crippen LogP contribution in [0, 0.1) is 5.41 Å². The van der Waals surface area contributed by atoms with Gasteiger partial charge in [-0.1, -0.05) is 26.8 Å². The van der Waals surface area contributed by atoms with Gasteiger partial charge in [0.05, 0.1) is 23.1 Å². The molecule has 0 unspecified atom stereocenters. The fourth-order valence-corrected chi connectivity index (χ4v) is 3.61. The minimum atomic E-state index is -4.65. The second kappa shape index (κ2) is 8.21. The molecule has 2 aromatic heterocycles. The summed E-state index contributed by atoms with van der Waals surface area (Å²) in [4.78, 5) is 18.5.